The second-order valence-corrected chi connectivity index (χ2v) is 8.56. The summed E-state index contributed by atoms with van der Waals surface area (Å²) in [5.74, 6) is 0.863. The first kappa shape index (κ1) is 18.4. The Hall–Kier alpha value is -3.41. The summed E-state index contributed by atoms with van der Waals surface area (Å²) < 4.78 is 6.11. The number of benzene rings is 2. The number of para-hydroxylation sites is 1. The van der Waals surface area contributed by atoms with Gasteiger partial charge in [0.05, 0.1) is 12.0 Å². The van der Waals surface area contributed by atoms with Crippen LogP contribution in [-0.4, -0.2) is 29.0 Å². The fourth-order valence-electron chi connectivity index (χ4n) is 5.12. The van der Waals surface area contributed by atoms with Crippen LogP contribution in [-0.2, 0) is 11.2 Å². The van der Waals surface area contributed by atoms with Crippen LogP contribution in [0.3, 0.4) is 0 Å². The number of hydrogen-bond donors (Lipinski definition) is 1. The lowest BCUT2D eigenvalue weighted by molar-refractivity contribution is -0.126. The number of carbonyl (C=O) groups is 1. The predicted molar refractivity (Wildman–Crippen MR) is 120 cm³/mol. The van der Waals surface area contributed by atoms with Crippen LogP contribution in [0, 0.1) is 5.92 Å². The number of rotatable bonds is 3. The van der Waals surface area contributed by atoms with Gasteiger partial charge >= 0.3 is 0 Å². The maximum atomic E-state index is 13.2. The van der Waals surface area contributed by atoms with E-state index in [4.69, 9.17) is 4.42 Å². The average Bonchev–Trinajstić information content (AvgIpc) is 3.40. The second kappa shape index (κ2) is 7.38. The molecule has 4 aromatic rings. The minimum Gasteiger partial charge on any atom is -0.450 e. The molecule has 1 aliphatic carbocycles. The largest absolute Gasteiger partial charge is 0.450 e. The SMILES string of the molecule is O=C(NC1CCc2ccccc21)C1CCCN(c2ncnc3c2oc2ccccc23)C1. The van der Waals surface area contributed by atoms with Gasteiger partial charge in [0, 0.05) is 18.5 Å². The van der Waals surface area contributed by atoms with Crippen molar-refractivity contribution in [1.82, 2.24) is 15.3 Å². The van der Waals surface area contributed by atoms with Crippen molar-refractivity contribution in [3.63, 3.8) is 0 Å². The van der Waals surface area contributed by atoms with Crippen LogP contribution in [0.25, 0.3) is 22.1 Å². The molecule has 2 atom stereocenters. The van der Waals surface area contributed by atoms with Gasteiger partial charge in [-0.05, 0) is 48.9 Å². The van der Waals surface area contributed by atoms with Crippen LogP contribution in [0.4, 0.5) is 5.82 Å². The first-order chi connectivity index (χ1) is 15.3. The second-order valence-electron chi connectivity index (χ2n) is 8.56. The van der Waals surface area contributed by atoms with E-state index in [9.17, 15) is 4.79 Å². The van der Waals surface area contributed by atoms with Gasteiger partial charge < -0.3 is 14.6 Å². The number of furan rings is 1. The van der Waals surface area contributed by atoms with E-state index in [1.54, 1.807) is 6.33 Å². The molecular weight excluding hydrogens is 388 g/mol. The normalized spacial score (nSPS) is 20.8. The van der Waals surface area contributed by atoms with E-state index in [-0.39, 0.29) is 17.9 Å². The number of fused-ring (bicyclic) bond motifs is 4. The molecule has 6 nitrogen and oxygen atoms in total. The Balaban J connectivity index is 1.24. The molecule has 0 saturated carbocycles. The van der Waals surface area contributed by atoms with Crippen molar-refractivity contribution in [3.05, 3.63) is 66.0 Å². The molecular formula is C25H24N4O2. The van der Waals surface area contributed by atoms with Crippen molar-refractivity contribution in [1.29, 1.82) is 0 Å². The van der Waals surface area contributed by atoms with Crippen molar-refractivity contribution in [2.24, 2.45) is 5.92 Å². The average molecular weight is 412 g/mol. The van der Waals surface area contributed by atoms with E-state index in [0.717, 1.165) is 54.5 Å². The van der Waals surface area contributed by atoms with E-state index < -0.39 is 0 Å². The molecule has 1 N–H and O–H groups in total. The standard InChI is InChI=1S/C25H24N4O2/c30-25(28-20-12-11-16-6-1-2-8-18(16)20)17-7-5-13-29(14-17)24-23-22(26-15-27-24)19-9-3-4-10-21(19)31-23/h1-4,6,8-10,15,17,20H,5,7,11-14H2,(H,28,30). The predicted octanol–water partition coefficient (Wildman–Crippen LogP) is 4.40. The number of nitrogens with zero attached hydrogens (tertiary/aromatic N) is 3. The molecule has 31 heavy (non-hydrogen) atoms. The summed E-state index contributed by atoms with van der Waals surface area (Å²) in [6, 6.07) is 16.5. The molecule has 6 heteroatoms. The lowest BCUT2D eigenvalue weighted by Gasteiger charge is -2.33. The van der Waals surface area contributed by atoms with Gasteiger partial charge in [-0.15, -0.1) is 0 Å². The topological polar surface area (TPSA) is 71.3 Å². The number of nitrogens with one attached hydrogen (secondary N) is 1. The molecule has 6 rings (SSSR count). The first-order valence-corrected chi connectivity index (χ1v) is 11.0. The zero-order valence-electron chi connectivity index (χ0n) is 17.3. The maximum absolute atomic E-state index is 13.2. The molecule has 2 aliphatic rings. The lowest BCUT2D eigenvalue weighted by Crippen LogP contribution is -2.44. The third kappa shape index (κ3) is 3.14. The van der Waals surface area contributed by atoms with Gasteiger partial charge in [-0.2, -0.15) is 0 Å². The summed E-state index contributed by atoms with van der Waals surface area (Å²) in [5.41, 5.74) is 4.96. The molecule has 0 radical (unpaired) electrons. The highest BCUT2D eigenvalue weighted by atomic mass is 16.3. The van der Waals surface area contributed by atoms with Crippen LogP contribution in [0.1, 0.15) is 36.4 Å². The Morgan fingerprint density at radius 1 is 1.06 bits per heavy atom. The van der Waals surface area contributed by atoms with Crippen LogP contribution in [0.15, 0.2) is 59.3 Å². The zero-order chi connectivity index (χ0) is 20.8. The third-order valence-corrected chi connectivity index (χ3v) is 6.68. The van der Waals surface area contributed by atoms with Crippen molar-refractivity contribution >= 4 is 33.8 Å². The summed E-state index contributed by atoms with van der Waals surface area (Å²) in [7, 11) is 0. The molecule has 2 aromatic carbocycles. The van der Waals surface area contributed by atoms with Gasteiger partial charge in [0.15, 0.2) is 11.4 Å². The summed E-state index contributed by atoms with van der Waals surface area (Å²) in [6.07, 6.45) is 5.45. The van der Waals surface area contributed by atoms with Gasteiger partial charge in [0.25, 0.3) is 0 Å². The van der Waals surface area contributed by atoms with E-state index in [1.165, 1.54) is 11.1 Å². The Labute approximate surface area is 180 Å². The minimum atomic E-state index is -0.0593. The van der Waals surface area contributed by atoms with Crippen LogP contribution in [0.5, 0.6) is 0 Å². The third-order valence-electron chi connectivity index (χ3n) is 6.68. The smallest absolute Gasteiger partial charge is 0.225 e. The number of carbonyl (C=O) groups excluding carboxylic acids is 1. The Morgan fingerprint density at radius 3 is 2.90 bits per heavy atom. The van der Waals surface area contributed by atoms with E-state index in [2.05, 4.69) is 44.5 Å². The molecule has 1 fully saturated rings. The summed E-state index contributed by atoms with van der Waals surface area (Å²) in [4.78, 5) is 24.3. The van der Waals surface area contributed by atoms with Crippen molar-refractivity contribution in [3.8, 4) is 0 Å². The van der Waals surface area contributed by atoms with Gasteiger partial charge in [-0.25, -0.2) is 9.97 Å². The molecule has 2 aromatic heterocycles. The van der Waals surface area contributed by atoms with Crippen molar-refractivity contribution < 1.29 is 9.21 Å². The van der Waals surface area contributed by atoms with Crippen LogP contribution < -0.4 is 10.2 Å². The van der Waals surface area contributed by atoms with E-state index in [0.29, 0.717) is 12.1 Å². The zero-order valence-corrected chi connectivity index (χ0v) is 17.3. The fraction of sp³-hybridized carbons (Fsp3) is 0.320. The van der Waals surface area contributed by atoms with Crippen molar-refractivity contribution in [2.75, 3.05) is 18.0 Å². The Kier molecular flexibility index (Phi) is 4.37. The van der Waals surface area contributed by atoms with Crippen molar-refractivity contribution in [2.45, 2.75) is 31.7 Å². The minimum absolute atomic E-state index is 0.0593. The van der Waals surface area contributed by atoms with Gasteiger partial charge in [-0.1, -0.05) is 36.4 Å². The van der Waals surface area contributed by atoms with E-state index in [1.807, 2.05) is 24.3 Å². The number of piperidine rings is 1. The molecule has 3 heterocycles. The number of aromatic nitrogens is 2. The molecule has 2 unspecified atom stereocenters. The van der Waals surface area contributed by atoms with Crippen LogP contribution >= 0.6 is 0 Å². The molecule has 1 amide bonds. The Bertz CT molecular complexity index is 1280. The van der Waals surface area contributed by atoms with E-state index >= 15 is 0 Å². The number of anilines is 1. The summed E-state index contributed by atoms with van der Waals surface area (Å²) in [5, 5.41) is 4.31. The Morgan fingerprint density at radius 2 is 1.94 bits per heavy atom. The highest BCUT2D eigenvalue weighted by molar-refractivity contribution is 6.05. The molecule has 0 spiro atoms. The highest BCUT2D eigenvalue weighted by Gasteiger charge is 2.31. The quantitative estimate of drug-likeness (QED) is 0.540. The first-order valence-electron chi connectivity index (χ1n) is 11.0. The number of aryl methyl sites for hydroxylation is 1. The fourth-order valence-corrected chi connectivity index (χ4v) is 5.12. The van der Waals surface area contributed by atoms with Gasteiger partial charge in [0.1, 0.15) is 17.4 Å². The molecule has 156 valence electrons. The summed E-state index contributed by atoms with van der Waals surface area (Å²) in [6.45, 7) is 1.50. The number of amides is 1. The van der Waals surface area contributed by atoms with Gasteiger partial charge in [0.2, 0.25) is 5.91 Å². The molecule has 0 bridgehead atoms. The molecule has 1 saturated heterocycles. The molecule has 1 aliphatic heterocycles. The monoisotopic (exact) mass is 412 g/mol. The van der Waals surface area contributed by atoms with Gasteiger partial charge in [-0.3, -0.25) is 4.79 Å². The maximum Gasteiger partial charge on any atom is 0.225 e. The highest BCUT2D eigenvalue weighted by Crippen LogP contribution is 2.35. The lowest BCUT2D eigenvalue weighted by atomic mass is 9.96. The summed E-state index contributed by atoms with van der Waals surface area (Å²) >= 11 is 0. The number of hydrogen-bond acceptors (Lipinski definition) is 5. The van der Waals surface area contributed by atoms with Crippen LogP contribution in [0.2, 0.25) is 0 Å².